The fourth-order valence-corrected chi connectivity index (χ4v) is 4.61. The van der Waals surface area contributed by atoms with Gasteiger partial charge in [0.2, 0.25) is 10.9 Å². The molecule has 0 aliphatic carbocycles. The number of hydrogen-bond donors (Lipinski definition) is 4. The molecule has 4 aromatic rings. The van der Waals surface area contributed by atoms with E-state index in [2.05, 4.69) is 31.3 Å². The summed E-state index contributed by atoms with van der Waals surface area (Å²) in [6.45, 7) is 0. The minimum Gasteiger partial charge on any atom is -0.285 e. The number of benzene rings is 4. The van der Waals surface area contributed by atoms with Crippen molar-refractivity contribution >= 4 is 54.4 Å². The summed E-state index contributed by atoms with van der Waals surface area (Å²) in [5, 5.41) is 35.5. The van der Waals surface area contributed by atoms with Crippen molar-refractivity contribution in [1.29, 1.82) is 0 Å². The second kappa shape index (κ2) is 12.9. The average molecular weight is 673 g/mol. The first kappa shape index (κ1) is 32.8. The van der Waals surface area contributed by atoms with Crippen molar-refractivity contribution in [3.63, 3.8) is 0 Å². The number of nitro groups is 2. The van der Waals surface area contributed by atoms with Gasteiger partial charge in [0, 0.05) is 30.3 Å². The molecule has 0 heterocycles. The fraction of sp³-hybridized carbons (Fsp3) is 0. The molecular weight excluding hydrogens is 656 g/mol. The Morgan fingerprint density at radius 2 is 1.15 bits per heavy atom. The molecule has 0 aliphatic heterocycles. The number of non-ortho nitro benzene ring substituents is 2. The van der Waals surface area contributed by atoms with E-state index in [0.717, 1.165) is 42.5 Å². The summed E-state index contributed by atoms with van der Waals surface area (Å²) >= 11 is 0. The lowest BCUT2D eigenvalue weighted by molar-refractivity contribution is -0.385. The van der Waals surface area contributed by atoms with E-state index in [4.69, 9.17) is 4.55 Å². The number of anilines is 2. The third-order valence-corrected chi connectivity index (χ3v) is 7.45. The molecule has 0 atom stereocenters. The van der Waals surface area contributed by atoms with Gasteiger partial charge in [-0.15, -0.1) is 10.2 Å². The summed E-state index contributed by atoms with van der Waals surface area (Å²) < 4.78 is 64.9. The van der Waals surface area contributed by atoms with Crippen molar-refractivity contribution in [3.8, 4) is 0 Å². The van der Waals surface area contributed by atoms with Crippen LogP contribution < -0.4 is 32.4 Å². The lowest BCUT2D eigenvalue weighted by atomic mass is 10.2. The van der Waals surface area contributed by atoms with Crippen molar-refractivity contribution in [1.82, 2.24) is 0 Å². The van der Waals surface area contributed by atoms with Crippen LogP contribution in [0.1, 0.15) is 0 Å². The summed E-state index contributed by atoms with van der Waals surface area (Å²) in [5.74, 6) is 0. The largest absolute Gasteiger partial charge is 0.297 e. The Hall–Kier alpha value is -6.10. The molecule has 0 aliphatic rings. The Kier molecular flexibility index (Phi) is 9.18. The molecular formula is C24H16N8O12S2. The molecule has 0 fully saturated rings. The number of hydrogen-bond acceptors (Lipinski definition) is 16. The van der Waals surface area contributed by atoms with Gasteiger partial charge in [0.15, 0.2) is 5.36 Å². The monoisotopic (exact) mass is 672 g/mol. The Morgan fingerprint density at radius 3 is 1.70 bits per heavy atom. The van der Waals surface area contributed by atoms with Crippen molar-refractivity contribution < 1.29 is 35.8 Å². The van der Waals surface area contributed by atoms with Gasteiger partial charge in [0.05, 0.1) is 26.1 Å². The summed E-state index contributed by atoms with van der Waals surface area (Å²) in [7, 11) is -9.56. The SMILES string of the molecule is O=c1c(N=Nc2ccc([N+](=O)[O-])cc2S(=O)(=O)O)c/c(=N/Nc2ccc(S(=O)(=O)O)cc2)c(=O)/c1=N/Nc1ccc([N+](=O)[O-])cc1. The van der Waals surface area contributed by atoms with Gasteiger partial charge in [-0.2, -0.15) is 27.0 Å². The van der Waals surface area contributed by atoms with Crippen LogP contribution in [0.4, 0.5) is 34.1 Å². The Labute approximate surface area is 255 Å². The van der Waals surface area contributed by atoms with Crippen molar-refractivity contribution in [3.05, 3.63) is 124 Å². The van der Waals surface area contributed by atoms with Crippen molar-refractivity contribution in [2.75, 3.05) is 10.9 Å². The standard InChI is InChI=1S/C24H16N8O12S2/c33-23-19(28-25-14-3-8-17(9-4-14)45(39,40)41)12-20(24(34)22(23)30-26-13-1-5-15(6-2-13)31(35)36)29-27-18-10-7-16(32(37)38)11-21(18)46(42,43)44/h1-12,25-26H,(H,39,40,41)(H,42,43,44)/b28-19-,29-27?,30-22-. The zero-order valence-corrected chi connectivity index (χ0v) is 24.0. The van der Waals surface area contributed by atoms with Crippen LogP contribution in [-0.4, -0.2) is 35.8 Å². The predicted octanol–water partition coefficient (Wildman–Crippen LogP) is 1.86. The van der Waals surface area contributed by atoms with Gasteiger partial charge in [-0.25, -0.2) is 0 Å². The van der Waals surface area contributed by atoms with Gasteiger partial charge >= 0.3 is 0 Å². The first-order chi connectivity index (χ1) is 21.5. The zero-order chi connectivity index (χ0) is 33.8. The molecule has 0 spiro atoms. The molecule has 0 amide bonds. The number of nitrogens with one attached hydrogen (secondary N) is 2. The van der Waals surface area contributed by atoms with E-state index in [0.29, 0.717) is 6.07 Å². The minimum atomic E-state index is -5.07. The molecule has 4 N–H and O–H groups in total. The van der Waals surface area contributed by atoms with E-state index < -0.39 is 78.5 Å². The van der Waals surface area contributed by atoms with Crippen molar-refractivity contribution in [2.24, 2.45) is 20.4 Å². The number of nitro benzene ring substituents is 2. The highest BCUT2D eigenvalue weighted by Gasteiger charge is 2.21. The van der Waals surface area contributed by atoms with Crippen molar-refractivity contribution in [2.45, 2.75) is 9.79 Å². The molecule has 22 heteroatoms. The van der Waals surface area contributed by atoms with Crippen LogP contribution in [0.3, 0.4) is 0 Å². The topological polar surface area (TPSA) is 303 Å². The lowest BCUT2D eigenvalue weighted by Gasteiger charge is -2.02. The third kappa shape index (κ3) is 7.69. The summed E-state index contributed by atoms with van der Waals surface area (Å²) in [6.07, 6.45) is 0. The average Bonchev–Trinajstić information content (AvgIpc) is 2.99. The summed E-state index contributed by atoms with van der Waals surface area (Å²) in [5.41, 5.74) is 0.608. The van der Waals surface area contributed by atoms with Crippen LogP contribution >= 0.6 is 0 Å². The van der Waals surface area contributed by atoms with Crippen LogP contribution in [0.25, 0.3) is 0 Å². The van der Waals surface area contributed by atoms with Gasteiger partial charge in [0.25, 0.3) is 31.6 Å². The van der Waals surface area contributed by atoms with Gasteiger partial charge in [0.1, 0.15) is 21.6 Å². The van der Waals surface area contributed by atoms with Crippen LogP contribution in [0.15, 0.2) is 113 Å². The highest BCUT2D eigenvalue weighted by Crippen LogP contribution is 2.29. The lowest BCUT2D eigenvalue weighted by Crippen LogP contribution is -2.48. The van der Waals surface area contributed by atoms with Crippen LogP contribution in [0, 0.1) is 20.2 Å². The van der Waals surface area contributed by atoms with E-state index in [1.165, 1.54) is 24.3 Å². The molecule has 0 aromatic heterocycles. The molecule has 4 rings (SSSR count). The second-order valence-electron chi connectivity index (χ2n) is 8.76. The highest BCUT2D eigenvalue weighted by molar-refractivity contribution is 7.86. The molecule has 46 heavy (non-hydrogen) atoms. The maximum Gasteiger partial charge on any atom is 0.297 e. The van der Waals surface area contributed by atoms with Gasteiger partial charge in [-0.1, -0.05) is 0 Å². The molecule has 236 valence electrons. The van der Waals surface area contributed by atoms with E-state index >= 15 is 0 Å². The molecule has 4 aromatic carbocycles. The van der Waals surface area contributed by atoms with Gasteiger partial charge in [-0.05, 0) is 42.5 Å². The minimum absolute atomic E-state index is 0.118. The zero-order valence-electron chi connectivity index (χ0n) is 22.4. The normalized spacial score (nSPS) is 12.7. The molecule has 20 nitrogen and oxygen atoms in total. The van der Waals surface area contributed by atoms with Gasteiger partial charge in [-0.3, -0.25) is 49.8 Å². The smallest absolute Gasteiger partial charge is 0.285 e. The number of rotatable bonds is 10. The predicted molar refractivity (Wildman–Crippen MR) is 156 cm³/mol. The van der Waals surface area contributed by atoms with E-state index in [9.17, 15) is 51.2 Å². The maximum atomic E-state index is 13.2. The molecule has 0 saturated carbocycles. The Balaban J connectivity index is 1.85. The third-order valence-electron chi connectivity index (χ3n) is 5.70. The first-order valence-corrected chi connectivity index (χ1v) is 14.9. The number of azo groups is 1. The molecule has 0 radical (unpaired) electrons. The highest BCUT2D eigenvalue weighted by atomic mass is 32.2. The fourth-order valence-electron chi connectivity index (χ4n) is 3.48. The van der Waals surface area contributed by atoms with Gasteiger partial charge < -0.3 is 0 Å². The Bertz CT molecular complexity index is 2350. The number of nitrogens with zero attached hydrogens (tertiary/aromatic N) is 6. The maximum absolute atomic E-state index is 13.2. The van der Waals surface area contributed by atoms with Crippen LogP contribution in [-0.2, 0) is 20.2 Å². The molecule has 0 saturated heterocycles. The second-order valence-corrected chi connectivity index (χ2v) is 11.6. The summed E-state index contributed by atoms with van der Waals surface area (Å²) in [6, 6.07) is 12.2. The van der Waals surface area contributed by atoms with E-state index in [1.807, 2.05) is 0 Å². The van der Waals surface area contributed by atoms with Crippen LogP contribution in [0.5, 0.6) is 0 Å². The van der Waals surface area contributed by atoms with E-state index in [1.54, 1.807) is 0 Å². The summed E-state index contributed by atoms with van der Waals surface area (Å²) in [4.78, 5) is 45.3. The quantitative estimate of drug-likeness (QED) is 0.0809. The molecule has 0 unspecified atom stereocenters. The van der Waals surface area contributed by atoms with E-state index in [-0.39, 0.29) is 17.1 Å². The Morgan fingerprint density at radius 1 is 0.630 bits per heavy atom. The molecule has 0 bridgehead atoms. The van der Waals surface area contributed by atoms with Crippen LogP contribution in [0.2, 0.25) is 0 Å². The first-order valence-electron chi connectivity index (χ1n) is 12.0.